The molecule has 7 nitrogen and oxygen atoms in total. The van der Waals surface area contributed by atoms with Gasteiger partial charge in [-0.25, -0.2) is 14.6 Å². The van der Waals surface area contributed by atoms with Crippen molar-refractivity contribution < 1.29 is 9.53 Å². The van der Waals surface area contributed by atoms with Crippen molar-refractivity contribution in [1.29, 1.82) is 0 Å². The Kier molecular flexibility index (Phi) is 5.66. The number of piperidine rings is 1. The lowest BCUT2D eigenvalue weighted by atomic mass is 10.0. The maximum Gasteiger partial charge on any atom is 0.228 e. The molecule has 4 rings (SSSR count). The Balaban J connectivity index is 1.37. The minimum Gasteiger partial charge on any atom is -0.493 e. The van der Waals surface area contributed by atoms with Crippen LogP contribution in [0.1, 0.15) is 31.5 Å². The number of nitrogens with zero attached hydrogens (tertiary/aromatic N) is 5. The Morgan fingerprint density at radius 2 is 2.11 bits per heavy atom. The van der Waals surface area contributed by atoms with E-state index in [1.165, 1.54) is 0 Å². The van der Waals surface area contributed by atoms with Crippen LogP contribution in [0.3, 0.4) is 0 Å². The summed E-state index contributed by atoms with van der Waals surface area (Å²) < 4.78 is 7.59. The Morgan fingerprint density at radius 1 is 1.29 bits per heavy atom. The van der Waals surface area contributed by atoms with Gasteiger partial charge in [0.1, 0.15) is 23.4 Å². The van der Waals surface area contributed by atoms with Crippen molar-refractivity contribution in [2.45, 2.75) is 32.2 Å². The third kappa shape index (κ3) is 4.06. The lowest BCUT2D eigenvalue weighted by molar-refractivity contribution is -0.131. The van der Waals surface area contributed by atoms with Crippen molar-refractivity contribution in [2.75, 3.05) is 19.7 Å². The van der Waals surface area contributed by atoms with Gasteiger partial charge in [-0.1, -0.05) is 12.1 Å². The predicted molar refractivity (Wildman–Crippen MR) is 107 cm³/mol. The Hall–Kier alpha value is -2.74. The number of carbonyl (C=O) groups excluding carboxylic acids is 1. The van der Waals surface area contributed by atoms with E-state index in [0.717, 1.165) is 47.9 Å². The van der Waals surface area contributed by atoms with E-state index in [4.69, 9.17) is 4.74 Å². The van der Waals surface area contributed by atoms with Crippen molar-refractivity contribution in [2.24, 2.45) is 0 Å². The van der Waals surface area contributed by atoms with Crippen LogP contribution >= 0.6 is 11.3 Å². The highest BCUT2D eigenvalue weighted by atomic mass is 32.1. The molecule has 8 heteroatoms. The number of ether oxygens (including phenoxy) is 1. The average molecular weight is 398 g/mol. The molecule has 1 fully saturated rings. The second kappa shape index (κ2) is 8.52. The predicted octanol–water partition coefficient (Wildman–Crippen LogP) is 3.21. The summed E-state index contributed by atoms with van der Waals surface area (Å²) in [7, 11) is 0. The van der Waals surface area contributed by atoms with E-state index in [1.54, 1.807) is 24.0 Å². The molecule has 3 heterocycles. The standard InChI is InChI=1S/C20H23N5O2S/c1-2-27-18-6-4-3-5-17(18)20-23-15(12-28-20)11-19(26)24-9-7-16(8-10-24)25-14-21-13-22-25/h3-6,12-14,16H,2,7-11H2,1H3. The van der Waals surface area contributed by atoms with E-state index in [-0.39, 0.29) is 5.91 Å². The van der Waals surface area contributed by atoms with Gasteiger partial charge in [-0.2, -0.15) is 5.10 Å². The van der Waals surface area contributed by atoms with Crippen LogP contribution in [-0.4, -0.2) is 50.3 Å². The van der Waals surface area contributed by atoms with Crippen LogP contribution in [0.25, 0.3) is 10.6 Å². The van der Waals surface area contributed by atoms with Crippen molar-refractivity contribution in [3.8, 4) is 16.3 Å². The summed E-state index contributed by atoms with van der Waals surface area (Å²) in [5.74, 6) is 0.958. The third-order valence-corrected chi connectivity index (χ3v) is 5.85. The third-order valence-electron chi connectivity index (χ3n) is 4.93. The molecular formula is C20H23N5O2S. The first-order valence-electron chi connectivity index (χ1n) is 9.53. The quantitative estimate of drug-likeness (QED) is 0.639. The number of benzene rings is 1. The summed E-state index contributed by atoms with van der Waals surface area (Å²) >= 11 is 1.55. The van der Waals surface area contributed by atoms with E-state index in [1.807, 2.05) is 46.2 Å². The normalized spacial score (nSPS) is 15.0. The number of thiazole rings is 1. The first-order chi connectivity index (χ1) is 13.7. The Labute approximate surface area is 168 Å². The fourth-order valence-corrected chi connectivity index (χ4v) is 4.34. The number of hydrogen-bond donors (Lipinski definition) is 0. The van der Waals surface area contributed by atoms with Crippen molar-refractivity contribution >= 4 is 17.2 Å². The fourth-order valence-electron chi connectivity index (χ4n) is 3.49. The number of likely N-dealkylation sites (tertiary alicyclic amines) is 1. The first kappa shape index (κ1) is 18.6. The van der Waals surface area contributed by atoms with E-state index < -0.39 is 0 Å². The molecule has 0 N–H and O–H groups in total. The molecule has 0 bridgehead atoms. The number of aromatic nitrogens is 4. The minimum absolute atomic E-state index is 0.131. The van der Waals surface area contributed by atoms with Crippen LogP contribution in [0.2, 0.25) is 0 Å². The topological polar surface area (TPSA) is 73.1 Å². The van der Waals surface area contributed by atoms with Gasteiger partial charge in [-0.15, -0.1) is 11.3 Å². The van der Waals surface area contributed by atoms with Gasteiger partial charge >= 0.3 is 0 Å². The lowest BCUT2D eigenvalue weighted by Gasteiger charge is -2.31. The van der Waals surface area contributed by atoms with Crippen LogP contribution < -0.4 is 4.74 Å². The van der Waals surface area contributed by atoms with Gasteiger partial charge < -0.3 is 9.64 Å². The summed E-state index contributed by atoms with van der Waals surface area (Å²) in [4.78, 5) is 23.3. The van der Waals surface area contributed by atoms with Crippen molar-refractivity contribution in [1.82, 2.24) is 24.6 Å². The minimum atomic E-state index is 0.131. The summed E-state index contributed by atoms with van der Waals surface area (Å²) in [5.41, 5.74) is 1.79. The second-order valence-electron chi connectivity index (χ2n) is 6.74. The average Bonchev–Trinajstić information content (AvgIpc) is 3.41. The van der Waals surface area contributed by atoms with Crippen molar-refractivity contribution in [3.63, 3.8) is 0 Å². The molecule has 1 amide bonds. The molecule has 0 aliphatic carbocycles. The molecule has 2 aromatic heterocycles. The molecule has 0 atom stereocenters. The van der Waals surface area contributed by atoms with Gasteiger partial charge in [0.2, 0.25) is 5.91 Å². The van der Waals surface area contributed by atoms with Gasteiger partial charge in [-0.05, 0) is 31.9 Å². The van der Waals surface area contributed by atoms with Crippen LogP contribution in [0.4, 0.5) is 0 Å². The summed E-state index contributed by atoms with van der Waals surface area (Å²) in [5, 5.41) is 7.07. The number of rotatable bonds is 6. The van der Waals surface area contributed by atoms with Crippen LogP contribution in [0.5, 0.6) is 5.75 Å². The van der Waals surface area contributed by atoms with Crippen LogP contribution in [0.15, 0.2) is 42.3 Å². The largest absolute Gasteiger partial charge is 0.493 e. The SMILES string of the molecule is CCOc1ccccc1-c1nc(CC(=O)N2CCC(n3cncn3)CC2)cs1. The molecule has 1 aliphatic rings. The molecule has 0 unspecified atom stereocenters. The van der Waals surface area contributed by atoms with E-state index in [2.05, 4.69) is 15.1 Å². The summed E-state index contributed by atoms with van der Waals surface area (Å²) in [6.45, 7) is 4.06. The second-order valence-corrected chi connectivity index (χ2v) is 7.60. The number of para-hydroxylation sites is 1. The first-order valence-corrected chi connectivity index (χ1v) is 10.4. The fraction of sp³-hybridized carbons (Fsp3) is 0.400. The van der Waals surface area contributed by atoms with E-state index in [0.29, 0.717) is 19.1 Å². The Morgan fingerprint density at radius 3 is 2.86 bits per heavy atom. The van der Waals surface area contributed by atoms with Gasteiger partial charge in [0.25, 0.3) is 0 Å². The molecule has 1 aliphatic heterocycles. The molecule has 0 saturated carbocycles. The summed E-state index contributed by atoms with van der Waals surface area (Å²) in [6, 6.07) is 8.21. The van der Waals surface area contributed by atoms with Gasteiger partial charge in [-0.3, -0.25) is 4.79 Å². The zero-order valence-electron chi connectivity index (χ0n) is 15.8. The van der Waals surface area contributed by atoms with Crippen molar-refractivity contribution in [3.05, 3.63) is 48.0 Å². The highest BCUT2D eigenvalue weighted by molar-refractivity contribution is 7.13. The van der Waals surface area contributed by atoms with Gasteiger partial charge in [0, 0.05) is 18.5 Å². The van der Waals surface area contributed by atoms with E-state index >= 15 is 0 Å². The van der Waals surface area contributed by atoms with Gasteiger partial charge in [0.05, 0.1) is 30.3 Å². The van der Waals surface area contributed by atoms with Crippen LogP contribution in [-0.2, 0) is 11.2 Å². The molecule has 146 valence electrons. The Bertz CT molecular complexity index is 916. The molecule has 28 heavy (non-hydrogen) atoms. The number of hydrogen-bond acceptors (Lipinski definition) is 6. The zero-order valence-corrected chi connectivity index (χ0v) is 16.6. The summed E-state index contributed by atoms with van der Waals surface area (Å²) in [6.07, 6.45) is 5.44. The smallest absolute Gasteiger partial charge is 0.228 e. The zero-order chi connectivity index (χ0) is 19.3. The maximum absolute atomic E-state index is 12.7. The molecule has 1 aromatic carbocycles. The number of amides is 1. The highest BCUT2D eigenvalue weighted by Gasteiger charge is 2.24. The molecule has 1 saturated heterocycles. The van der Waals surface area contributed by atoms with E-state index in [9.17, 15) is 4.79 Å². The highest BCUT2D eigenvalue weighted by Crippen LogP contribution is 2.32. The number of carbonyl (C=O) groups is 1. The maximum atomic E-state index is 12.7. The molecule has 3 aromatic rings. The monoisotopic (exact) mass is 397 g/mol. The molecular weight excluding hydrogens is 374 g/mol. The molecule has 0 radical (unpaired) electrons. The van der Waals surface area contributed by atoms with Crippen LogP contribution in [0, 0.1) is 0 Å². The molecule has 0 spiro atoms. The lowest BCUT2D eigenvalue weighted by Crippen LogP contribution is -2.40. The van der Waals surface area contributed by atoms with Gasteiger partial charge in [0.15, 0.2) is 0 Å².